The molecule has 0 aromatic heterocycles. The van der Waals surface area contributed by atoms with E-state index in [0.29, 0.717) is 0 Å². The number of para-hydroxylation sites is 1. The summed E-state index contributed by atoms with van der Waals surface area (Å²) < 4.78 is 5.85. The lowest BCUT2D eigenvalue weighted by Crippen LogP contribution is -2.49. The molecule has 0 aliphatic heterocycles. The molecule has 0 fully saturated rings. The first-order valence-electron chi connectivity index (χ1n) is 7.91. The summed E-state index contributed by atoms with van der Waals surface area (Å²) in [6.07, 6.45) is 1.86. The maximum atomic E-state index is 5.85. The lowest BCUT2D eigenvalue weighted by atomic mass is 10.2. The fraction of sp³-hybridized carbons (Fsp3) is 0.316. The van der Waals surface area contributed by atoms with Gasteiger partial charge in [-0.3, -0.25) is 0 Å². The van der Waals surface area contributed by atoms with Crippen LogP contribution in [0.15, 0.2) is 59.7 Å². The predicted octanol–water partition coefficient (Wildman–Crippen LogP) is 5.41. The van der Waals surface area contributed by atoms with E-state index >= 15 is 0 Å². The summed E-state index contributed by atoms with van der Waals surface area (Å²) in [4.78, 5) is 0. The van der Waals surface area contributed by atoms with Gasteiger partial charge in [-0.25, -0.2) is 0 Å². The third kappa shape index (κ3) is 4.96. The quantitative estimate of drug-likeness (QED) is 0.453. The second-order valence-corrected chi connectivity index (χ2v) is 12.2. The molecule has 4 heteroatoms. The molecule has 3 nitrogen and oxygen atoms in total. The Labute approximate surface area is 140 Å². The van der Waals surface area contributed by atoms with Crippen LogP contribution in [0.1, 0.15) is 26.3 Å². The Morgan fingerprint density at radius 1 is 0.957 bits per heavy atom. The van der Waals surface area contributed by atoms with E-state index in [1.165, 1.54) is 0 Å². The summed E-state index contributed by atoms with van der Waals surface area (Å²) in [6, 6.07) is 17.7. The fourth-order valence-electron chi connectivity index (χ4n) is 1.72. The molecule has 0 atom stereocenters. The Bertz CT molecular complexity index is 661. The zero-order chi connectivity index (χ0) is 16.9. The van der Waals surface area contributed by atoms with Gasteiger partial charge in [0.05, 0.1) is 6.21 Å². The minimum absolute atomic E-state index is 0.253. The minimum Gasteiger partial charge on any atom is -0.457 e. The van der Waals surface area contributed by atoms with Gasteiger partial charge in [0.2, 0.25) is 0 Å². The predicted molar refractivity (Wildman–Crippen MR) is 101 cm³/mol. The van der Waals surface area contributed by atoms with Gasteiger partial charge in [0.25, 0.3) is 0 Å². The average molecular weight is 327 g/mol. The highest BCUT2D eigenvalue weighted by molar-refractivity contribution is 6.77. The van der Waals surface area contributed by atoms with Gasteiger partial charge in [-0.2, -0.15) is 5.10 Å². The van der Waals surface area contributed by atoms with Crippen molar-refractivity contribution in [3.63, 3.8) is 0 Å². The lowest BCUT2D eigenvalue weighted by Gasteiger charge is -2.35. The Morgan fingerprint density at radius 2 is 1.61 bits per heavy atom. The van der Waals surface area contributed by atoms with Crippen LogP contribution in [0, 0.1) is 0 Å². The second-order valence-electron chi connectivity index (χ2n) is 7.23. The first kappa shape index (κ1) is 17.3. The van der Waals surface area contributed by atoms with Crippen LogP contribution in [0.4, 0.5) is 0 Å². The molecule has 0 unspecified atom stereocenters. The van der Waals surface area contributed by atoms with Crippen molar-refractivity contribution in [1.82, 2.24) is 5.09 Å². The molecular weight excluding hydrogens is 300 g/mol. The van der Waals surface area contributed by atoms with Gasteiger partial charge >= 0.3 is 0 Å². The summed E-state index contributed by atoms with van der Waals surface area (Å²) >= 11 is 0. The summed E-state index contributed by atoms with van der Waals surface area (Å²) in [5, 5.41) is 8.10. The van der Waals surface area contributed by atoms with Crippen LogP contribution in [0.5, 0.6) is 11.5 Å². The maximum Gasteiger partial charge on any atom is 0.173 e. The first-order valence-corrected chi connectivity index (χ1v) is 10.9. The number of ether oxygens (including phenoxy) is 1. The van der Waals surface area contributed by atoms with Crippen LogP contribution in [-0.4, -0.2) is 14.5 Å². The van der Waals surface area contributed by atoms with E-state index in [9.17, 15) is 0 Å². The van der Waals surface area contributed by atoms with Crippen molar-refractivity contribution < 1.29 is 4.74 Å². The van der Waals surface area contributed by atoms with Gasteiger partial charge < -0.3 is 9.83 Å². The summed E-state index contributed by atoms with van der Waals surface area (Å²) in [5.41, 5.74) is 1.02. The molecule has 0 bridgehead atoms. The topological polar surface area (TPSA) is 33.6 Å². The van der Waals surface area contributed by atoms with E-state index in [1.807, 2.05) is 60.8 Å². The van der Waals surface area contributed by atoms with Crippen LogP contribution in [-0.2, 0) is 0 Å². The Morgan fingerprint density at radius 3 is 2.26 bits per heavy atom. The molecule has 2 rings (SSSR count). The Balaban J connectivity index is 2.04. The van der Waals surface area contributed by atoms with Gasteiger partial charge in [-0.15, -0.1) is 0 Å². The maximum absolute atomic E-state index is 5.85. The fourth-order valence-corrected chi connectivity index (χ4v) is 2.44. The van der Waals surface area contributed by atoms with E-state index in [0.717, 1.165) is 17.1 Å². The smallest absolute Gasteiger partial charge is 0.173 e. The molecule has 2 aromatic rings. The number of hydrazone groups is 1. The van der Waals surface area contributed by atoms with Gasteiger partial charge in [-0.1, -0.05) is 51.1 Å². The van der Waals surface area contributed by atoms with Crippen molar-refractivity contribution in [2.75, 3.05) is 0 Å². The van der Waals surface area contributed by atoms with Gasteiger partial charge in [0.1, 0.15) is 11.5 Å². The molecule has 1 N–H and O–H groups in total. The van der Waals surface area contributed by atoms with Crippen LogP contribution in [0.2, 0.25) is 18.1 Å². The summed E-state index contributed by atoms with van der Waals surface area (Å²) in [7, 11) is -1.61. The molecule has 0 saturated carbocycles. The zero-order valence-electron chi connectivity index (χ0n) is 14.6. The molecule has 0 spiro atoms. The third-order valence-electron chi connectivity index (χ3n) is 4.27. The highest BCUT2D eigenvalue weighted by Crippen LogP contribution is 2.33. The van der Waals surface area contributed by atoms with E-state index < -0.39 is 8.24 Å². The molecule has 2 aromatic carbocycles. The number of hydrogen-bond acceptors (Lipinski definition) is 3. The highest BCUT2D eigenvalue weighted by Gasteiger charge is 2.35. The standard InChI is InChI=1S/C19H26N2OSi/c1-19(2,3)23(4,5)21-20-15-16-10-9-13-18(14-16)22-17-11-7-6-8-12-17/h6-15,21H,1-5H3/b20-15+. The van der Waals surface area contributed by atoms with Crippen LogP contribution < -0.4 is 9.83 Å². The van der Waals surface area contributed by atoms with E-state index in [4.69, 9.17) is 4.74 Å². The molecule has 0 aliphatic rings. The van der Waals surface area contributed by atoms with Crippen molar-refractivity contribution in [2.24, 2.45) is 5.10 Å². The van der Waals surface area contributed by atoms with Crippen LogP contribution in [0.25, 0.3) is 0 Å². The number of rotatable bonds is 5. The third-order valence-corrected chi connectivity index (χ3v) is 8.71. The monoisotopic (exact) mass is 326 g/mol. The normalized spacial score (nSPS) is 12.4. The zero-order valence-corrected chi connectivity index (χ0v) is 15.6. The average Bonchev–Trinajstić information content (AvgIpc) is 2.47. The first-order chi connectivity index (χ1) is 10.8. The second kappa shape index (κ2) is 7.00. The molecule has 0 amide bonds. The van der Waals surface area contributed by atoms with Crippen molar-refractivity contribution >= 4 is 14.5 Å². The molecule has 122 valence electrons. The Hall–Kier alpha value is -2.07. The minimum atomic E-state index is -1.61. The molecule has 0 heterocycles. The van der Waals surface area contributed by atoms with Gasteiger partial charge in [-0.05, 0) is 48.0 Å². The number of benzene rings is 2. The van der Waals surface area contributed by atoms with E-state index in [2.05, 4.69) is 44.1 Å². The van der Waals surface area contributed by atoms with Crippen molar-refractivity contribution in [1.29, 1.82) is 0 Å². The molecule has 0 radical (unpaired) electrons. The van der Waals surface area contributed by atoms with Crippen molar-refractivity contribution in [2.45, 2.75) is 38.9 Å². The van der Waals surface area contributed by atoms with E-state index in [-0.39, 0.29) is 5.04 Å². The molecular formula is C19H26N2OSi. The van der Waals surface area contributed by atoms with Crippen LogP contribution in [0.3, 0.4) is 0 Å². The van der Waals surface area contributed by atoms with Crippen molar-refractivity contribution in [3.8, 4) is 11.5 Å². The van der Waals surface area contributed by atoms with Gasteiger partial charge in [0, 0.05) is 0 Å². The largest absolute Gasteiger partial charge is 0.457 e. The number of nitrogens with zero attached hydrogens (tertiary/aromatic N) is 1. The Kier molecular flexibility index (Phi) is 5.26. The van der Waals surface area contributed by atoms with Gasteiger partial charge in [0.15, 0.2) is 8.24 Å². The number of nitrogens with one attached hydrogen (secondary N) is 1. The SMILES string of the molecule is CC(C)(C)[Si](C)(C)N/N=C/c1cccc(Oc2ccccc2)c1. The van der Waals surface area contributed by atoms with E-state index in [1.54, 1.807) is 0 Å². The summed E-state index contributed by atoms with van der Waals surface area (Å²) in [5.74, 6) is 1.65. The lowest BCUT2D eigenvalue weighted by molar-refractivity contribution is 0.482. The molecule has 0 saturated heterocycles. The summed E-state index contributed by atoms with van der Waals surface area (Å²) in [6.45, 7) is 11.4. The molecule has 0 aliphatic carbocycles. The van der Waals surface area contributed by atoms with Crippen LogP contribution >= 0.6 is 0 Å². The molecule has 23 heavy (non-hydrogen) atoms. The van der Waals surface area contributed by atoms with Crippen molar-refractivity contribution in [3.05, 3.63) is 60.2 Å². The highest BCUT2D eigenvalue weighted by atomic mass is 28.3. The number of hydrogen-bond donors (Lipinski definition) is 1.